The second-order valence-corrected chi connectivity index (χ2v) is 5.59. The van der Waals surface area contributed by atoms with E-state index in [9.17, 15) is 10.1 Å². The lowest BCUT2D eigenvalue weighted by molar-refractivity contribution is -0.400. The number of halogens is 2. The maximum atomic E-state index is 10.4. The van der Waals surface area contributed by atoms with Gasteiger partial charge in [0.05, 0.1) is 21.6 Å². The molecule has 0 saturated heterocycles. The molecule has 126 valence electrons. The van der Waals surface area contributed by atoms with Crippen LogP contribution in [0.2, 0.25) is 10.0 Å². The third-order valence-electron chi connectivity index (χ3n) is 3.03. The molecule has 0 bridgehead atoms. The van der Waals surface area contributed by atoms with E-state index in [4.69, 9.17) is 32.7 Å². The summed E-state index contributed by atoms with van der Waals surface area (Å²) in [6, 6.07) is 10.4. The predicted octanol–water partition coefficient (Wildman–Crippen LogP) is 5.22. The molecule has 24 heavy (non-hydrogen) atoms. The maximum absolute atomic E-state index is 10.4. The van der Waals surface area contributed by atoms with E-state index in [0.717, 1.165) is 11.8 Å². The molecule has 0 heterocycles. The third kappa shape index (κ3) is 5.15. The Morgan fingerprint density at radius 3 is 2.54 bits per heavy atom. The Labute approximate surface area is 149 Å². The largest absolute Gasteiger partial charge is 0.490 e. The van der Waals surface area contributed by atoms with E-state index in [1.807, 2.05) is 13.0 Å². The van der Waals surface area contributed by atoms with Crippen LogP contribution in [0, 0.1) is 10.1 Å². The fraction of sp³-hybridized carbons (Fsp3) is 0.176. The summed E-state index contributed by atoms with van der Waals surface area (Å²) in [6.45, 7) is 2.59. The van der Waals surface area contributed by atoms with Crippen molar-refractivity contribution in [1.29, 1.82) is 0 Å². The Hall–Kier alpha value is -2.24. The molecular weight excluding hydrogens is 353 g/mol. The molecule has 0 N–H and O–H groups in total. The van der Waals surface area contributed by atoms with E-state index in [2.05, 4.69) is 0 Å². The van der Waals surface area contributed by atoms with Gasteiger partial charge in [0.2, 0.25) is 6.20 Å². The number of hydrogen-bond donors (Lipinski definition) is 0. The molecule has 0 amide bonds. The van der Waals surface area contributed by atoms with Crippen molar-refractivity contribution in [3.8, 4) is 11.5 Å². The average Bonchev–Trinajstić information content (AvgIpc) is 2.55. The van der Waals surface area contributed by atoms with Crippen LogP contribution in [-0.4, -0.2) is 11.5 Å². The quantitative estimate of drug-likeness (QED) is 0.497. The monoisotopic (exact) mass is 367 g/mol. The van der Waals surface area contributed by atoms with E-state index in [-0.39, 0.29) is 0 Å². The number of nitro groups is 1. The normalized spacial score (nSPS) is 10.8. The van der Waals surface area contributed by atoms with Crippen LogP contribution >= 0.6 is 23.2 Å². The summed E-state index contributed by atoms with van der Waals surface area (Å²) in [4.78, 5) is 9.88. The zero-order valence-corrected chi connectivity index (χ0v) is 14.4. The highest BCUT2D eigenvalue weighted by molar-refractivity contribution is 6.42. The summed E-state index contributed by atoms with van der Waals surface area (Å²) in [7, 11) is 0. The van der Waals surface area contributed by atoms with E-state index in [0.29, 0.717) is 40.3 Å². The summed E-state index contributed by atoms with van der Waals surface area (Å²) < 4.78 is 11.3. The van der Waals surface area contributed by atoms with Crippen LogP contribution in [0.5, 0.6) is 11.5 Å². The first-order valence-corrected chi connectivity index (χ1v) is 7.90. The fourth-order valence-corrected chi connectivity index (χ4v) is 2.27. The summed E-state index contributed by atoms with van der Waals surface area (Å²) in [5, 5.41) is 11.3. The molecule has 0 aliphatic carbocycles. The molecule has 0 aromatic heterocycles. The summed E-state index contributed by atoms with van der Waals surface area (Å²) in [5.41, 5.74) is 1.52. The van der Waals surface area contributed by atoms with Gasteiger partial charge in [0.25, 0.3) is 0 Å². The molecule has 0 spiro atoms. The predicted molar refractivity (Wildman–Crippen MR) is 94.4 cm³/mol. The van der Waals surface area contributed by atoms with Crippen molar-refractivity contribution in [2.45, 2.75) is 13.5 Å². The highest BCUT2D eigenvalue weighted by atomic mass is 35.5. The number of hydrogen-bond acceptors (Lipinski definition) is 4. The topological polar surface area (TPSA) is 61.6 Å². The molecule has 0 radical (unpaired) electrons. The van der Waals surface area contributed by atoms with Gasteiger partial charge in [-0.25, -0.2) is 0 Å². The molecule has 2 rings (SSSR count). The van der Waals surface area contributed by atoms with E-state index in [1.54, 1.807) is 30.3 Å². The first-order valence-electron chi connectivity index (χ1n) is 7.15. The Balaban J connectivity index is 2.16. The number of benzene rings is 2. The molecule has 5 nitrogen and oxygen atoms in total. The molecule has 0 unspecified atom stereocenters. The zero-order valence-electron chi connectivity index (χ0n) is 12.9. The van der Waals surface area contributed by atoms with Crippen LogP contribution in [0.25, 0.3) is 6.08 Å². The lowest BCUT2D eigenvalue weighted by Gasteiger charge is -2.13. The van der Waals surface area contributed by atoms with E-state index >= 15 is 0 Å². The third-order valence-corrected chi connectivity index (χ3v) is 3.77. The smallest absolute Gasteiger partial charge is 0.235 e. The molecule has 0 atom stereocenters. The van der Waals surface area contributed by atoms with Crippen LogP contribution in [0.4, 0.5) is 0 Å². The van der Waals surface area contributed by atoms with Crippen molar-refractivity contribution in [3.05, 3.63) is 73.9 Å². The number of rotatable bonds is 7. The highest BCUT2D eigenvalue weighted by Crippen LogP contribution is 2.30. The van der Waals surface area contributed by atoms with Gasteiger partial charge in [0, 0.05) is 6.08 Å². The highest BCUT2D eigenvalue weighted by Gasteiger charge is 2.07. The molecule has 0 aliphatic rings. The van der Waals surface area contributed by atoms with E-state index in [1.165, 1.54) is 6.08 Å². The van der Waals surface area contributed by atoms with Crippen molar-refractivity contribution in [1.82, 2.24) is 0 Å². The van der Waals surface area contributed by atoms with Gasteiger partial charge >= 0.3 is 0 Å². The number of ether oxygens (including phenoxy) is 2. The minimum Gasteiger partial charge on any atom is -0.490 e. The van der Waals surface area contributed by atoms with E-state index < -0.39 is 4.92 Å². The molecule has 0 aliphatic heterocycles. The lowest BCUT2D eigenvalue weighted by atomic mass is 10.2. The Morgan fingerprint density at radius 2 is 1.88 bits per heavy atom. The SMILES string of the molecule is CCOc1cc(C=C[N+](=O)[O-])ccc1OCc1ccc(Cl)c(Cl)c1. The molecular formula is C17H15Cl2NO4. The Morgan fingerprint density at radius 1 is 1.08 bits per heavy atom. The molecule has 2 aromatic carbocycles. The van der Waals surface area contributed by atoms with Crippen molar-refractivity contribution in [2.24, 2.45) is 0 Å². The van der Waals surface area contributed by atoms with Gasteiger partial charge in [-0.05, 0) is 42.3 Å². The van der Waals surface area contributed by atoms with Crippen LogP contribution in [-0.2, 0) is 6.61 Å². The van der Waals surface area contributed by atoms with Gasteiger partial charge in [-0.2, -0.15) is 0 Å². The Kier molecular flexibility index (Phi) is 6.46. The number of nitrogens with zero attached hydrogens (tertiary/aromatic N) is 1. The fourth-order valence-electron chi connectivity index (χ4n) is 1.95. The molecule has 0 fully saturated rings. The van der Waals surface area contributed by atoms with Crippen LogP contribution in [0.3, 0.4) is 0 Å². The lowest BCUT2D eigenvalue weighted by Crippen LogP contribution is -2.00. The van der Waals surface area contributed by atoms with Gasteiger partial charge in [-0.3, -0.25) is 10.1 Å². The van der Waals surface area contributed by atoms with Crippen LogP contribution < -0.4 is 9.47 Å². The second-order valence-electron chi connectivity index (χ2n) is 4.78. The standard InChI is InChI=1S/C17H15Cl2NO4/c1-2-23-17-10-12(7-8-20(21)22)4-6-16(17)24-11-13-3-5-14(18)15(19)9-13/h3-10H,2,11H2,1H3. The molecule has 7 heteroatoms. The summed E-state index contributed by atoms with van der Waals surface area (Å²) in [5.74, 6) is 1.06. The van der Waals surface area contributed by atoms with Gasteiger partial charge in [-0.1, -0.05) is 35.3 Å². The molecule has 2 aromatic rings. The van der Waals surface area contributed by atoms with Gasteiger partial charge in [-0.15, -0.1) is 0 Å². The average molecular weight is 368 g/mol. The summed E-state index contributed by atoms with van der Waals surface area (Å²) >= 11 is 11.9. The van der Waals surface area contributed by atoms with Crippen molar-refractivity contribution < 1.29 is 14.4 Å². The summed E-state index contributed by atoms with van der Waals surface area (Å²) in [6.07, 6.45) is 2.27. The second kappa shape index (κ2) is 8.57. The van der Waals surface area contributed by atoms with Crippen molar-refractivity contribution in [2.75, 3.05) is 6.61 Å². The van der Waals surface area contributed by atoms with Crippen LogP contribution in [0.15, 0.2) is 42.6 Å². The van der Waals surface area contributed by atoms with Crippen molar-refractivity contribution >= 4 is 29.3 Å². The maximum Gasteiger partial charge on any atom is 0.235 e. The van der Waals surface area contributed by atoms with Gasteiger partial charge < -0.3 is 9.47 Å². The van der Waals surface area contributed by atoms with Gasteiger partial charge in [0.15, 0.2) is 11.5 Å². The van der Waals surface area contributed by atoms with Crippen molar-refractivity contribution in [3.63, 3.8) is 0 Å². The van der Waals surface area contributed by atoms with Crippen LogP contribution in [0.1, 0.15) is 18.1 Å². The minimum absolute atomic E-state index is 0.293. The van der Waals surface area contributed by atoms with Gasteiger partial charge in [0.1, 0.15) is 6.61 Å². The zero-order chi connectivity index (χ0) is 17.5. The minimum atomic E-state index is -0.519. The Bertz CT molecular complexity index is 762. The molecule has 0 saturated carbocycles. The first kappa shape index (κ1) is 18.1. The first-order chi connectivity index (χ1) is 11.5.